The number of nitrogens with zero attached hydrogens (tertiary/aromatic N) is 1. The van der Waals surface area contributed by atoms with Crippen LogP contribution in [0.25, 0.3) is 0 Å². The maximum atomic E-state index is 6.86. The monoisotopic (exact) mass is 397 g/mol. The molecule has 0 bridgehead atoms. The van der Waals surface area contributed by atoms with Crippen molar-refractivity contribution in [2.75, 3.05) is 0 Å². The molecule has 29 heavy (non-hydrogen) atoms. The number of fused-ring (bicyclic) bond motifs is 8. The molecule has 0 spiro atoms. The van der Waals surface area contributed by atoms with Crippen molar-refractivity contribution in [1.82, 2.24) is 4.90 Å². The Morgan fingerprint density at radius 1 is 0.621 bits per heavy atom. The van der Waals surface area contributed by atoms with Gasteiger partial charge in [-0.2, -0.15) is 0 Å². The Morgan fingerprint density at radius 3 is 2.31 bits per heavy atom. The first-order valence-electron chi connectivity index (χ1n) is 13.6. The van der Waals surface area contributed by atoms with E-state index in [2.05, 4.69) is 18.7 Å². The molecular formula is C27H43NO. The Hall–Kier alpha value is -0.0800. The van der Waals surface area contributed by atoms with Gasteiger partial charge < -0.3 is 4.74 Å². The lowest BCUT2D eigenvalue weighted by Crippen LogP contribution is -2.63. The zero-order chi connectivity index (χ0) is 19.3. The number of ether oxygens (including phenoxy) is 1. The van der Waals surface area contributed by atoms with Gasteiger partial charge in [0.1, 0.15) is 0 Å². The summed E-state index contributed by atoms with van der Waals surface area (Å²) in [7, 11) is 0. The molecule has 7 aliphatic rings. The number of morpholine rings is 1. The highest BCUT2D eigenvalue weighted by Gasteiger charge is 2.65. The maximum Gasteiger partial charge on any atom is 0.0737 e. The molecule has 7 rings (SSSR count). The molecule has 11 unspecified atom stereocenters. The van der Waals surface area contributed by atoms with E-state index in [-0.39, 0.29) is 0 Å². The lowest BCUT2D eigenvalue weighted by Gasteiger charge is -2.54. The van der Waals surface area contributed by atoms with Gasteiger partial charge in [-0.05, 0) is 92.3 Å². The highest BCUT2D eigenvalue weighted by molar-refractivity contribution is 5.16. The Bertz CT molecular complexity index is 659. The van der Waals surface area contributed by atoms with Crippen molar-refractivity contribution in [3.05, 3.63) is 0 Å². The normalized spacial score (nSPS) is 57.9. The summed E-state index contributed by atoms with van der Waals surface area (Å²) in [5.74, 6) is 6.13. The summed E-state index contributed by atoms with van der Waals surface area (Å²) >= 11 is 0. The average molecular weight is 398 g/mol. The van der Waals surface area contributed by atoms with Crippen molar-refractivity contribution in [1.29, 1.82) is 0 Å². The summed E-state index contributed by atoms with van der Waals surface area (Å²) in [6.07, 6.45) is 20.3. The third-order valence-corrected chi connectivity index (χ3v) is 11.9. The van der Waals surface area contributed by atoms with Crippen LogP contribution in [0.1, 0.15) is 97.3 Å². The first-order valence-corrected chi connectivity index (χ1v) is 13.6. The third-order valence-electron chi connectivity index (χ3n) is 11.9. The molecule has 2 saturated heterocycles. The highest BCUT2D eigenvalue weighted by atomic mass is 16.5. The molecule has 2 aliphatic heterocycles. The number of hydrogen-bond acceptors (Lipinski definition) is 2. The van der Waals surface area contributed by atoms with Gasteiger partial charge in [-0.15, -0.1) is 0 Å². The zero-order valence-corrected chi connectivity index (χ0v) is 18.9. The van der Waals surface area contributed by atoms with Crippen molar-refractivity contribution >= 4 is 0 Å². The van der Waals surface area contributed by atoms with Crippen LogP contribution >= 0.6 is 0 Å². The van der Waals surface area contributed by atoms with Gasteiger partial charge in [-0.25, -0.2) is 0 Å². The number of hydrogen-bond donors (Lipinski definition) is 0. The molecule has 7 fully saturated rings. The molecule has 0 radical (unpaired) electrons. The van der Waals surface area contributed by atoms with E-state index in [1.54, 1.807) is 12.8 Å². The summed E-state index contributed by atoms with van der Waals surface area (Å²) in [4.78, 5) is 3.18. The summed E-state index contributed by atoms with van der Waals surface area (Å²) in [5.41, 5.74) is 0.589. The van der Waals surface area contributed by atoms with Crippen LogP contribution in [0, 0.1) is 40.9 Å². The zero-order valence-electron chi connectivity index (χ0n) is 18.9. The molecule has 0 N–H and O–H groups in total. The molecule has 0 aromatic heterocycles. The van der Waals surface area contributed by atoms with Crippen molar-refractivity contribution < 1.29 is 4.74 Å². The van der Waals surface area contributed by atoms with Crippen molar-refractivity contribution in [2.24, 2.45) is 40.9 Å². The molecule has 2 heteroatoms. The quantitative estimate of drug-likeness (QED) is 0.494. The summed E-state index contributed by atoms with van der Waals surface area (Å²) < 4.78 is 6.86. The van der Waals surface area contributed by atoms with Gasteiger partial charge >= 0.3 is 0 Å². The average Bonchev–Trinajstić information content (AvgIpc) is 3.19. The minimum atomic E-state index is 0.569. The fourth-order valence-electron chi connectivity index (χ4n) is 10.9. The van der Waals surface area contributed by atoms with Crippen molar-refractivity contribution in [3.8, 4) is 0 Å². The van der Waals surface area contributed by atoms with Gasteiger partial charge in [0.15, 0.2) is 0 Å². The summed E-state index contributed by atoms with van der Waals surface area (Å²) in [5, 5.41) is 0. The highest BCUT2D eigenvalue weighted by Crippen LogP contribution is 2.67. The van der Waals surface area contributed by atoms with E-state index in [9.17, 15) is 0 Å². The third kappa shape index (κ3) is 2.43. The van der Waals surface area contributed by atoms with E-state index in [1.165, 1.54) is 70.6 Å². The van der Waals surface area contributed by atoms with Crippen LogP contribution in [0.5, 0.6) is 0 Å². The standard InChI is InChI=1S/C27H43NO/c1-27(2)20-10-4-3-8-16(20)18-14-19-17-9-7-13-25-26(17)28(23(19)15-21(18)27)22-11-5-6-12-24(22)29-25/h16-26H,3-15H2,1-2H3. The van der Waals surface area contributed by atoms with E-state index < -0.39 is 0 Å². The van der Waals surface area contributed by atoms with Crippen LogP contribution in [0.3, 0.4) is 0 Å². The molecule has 2 heterocycles. The van der Waals surface area contributed by atoms with Gasteiger partial charge in [-0.3, -0.25) is 4.90 Å². The Labute approximate surface area is 178 Å². The Kier molecular flexibility index (Phi) is 4.12. The molecule has 0 amide bonds. The second kappa shape index (κ2) is 6.47. The fraction of sp³-hybridized carbons (Fsp3) is 1.00. The topological polar surface area (TPSA) is 12.5 Å². The largest absolute Gasteiger partial charge is 0.372 e. The minimum Gasteiger partial charge on any atom is -0.372 e. The molecule has 162 valence electrons. The molecule has 0 aromatic rings. The smallest absolute Gasteiger partial charge is 0.0737 e. The van der Waals surface area contributed by atoms with Crippen molar-refractivity contribution in [2.45, 2.75) is 128 Å². The Balaban J connectivity index is 1.26. The van der Waals surface area contributed by atoms with Crippen molar-refractivity contribution in [3.63, 3.8) is 0 Å². The predicted molar refractivity (Wildman–Crippen MR) is 117 cm³/mol. The van der Waals surface area contributed by atoms with Crippen LogP contribution in [0.15, 0.2) is 0 Å². The first kappa shape index (κ1) is 18.5. The van der Waals surface area contributed by atoms with Gasteiger partial charge in [0.25, 0.3) is 0 Å². The van der Waals surface area contributed by atoms with E-state index in [4.69, 9.17) is 4.74 Å². The van der Waals surface area contributed by atoms with Gasteiger partial charge in [0.05, 0.1) is 12.2 Å². The summed E-state index contributed by atoms with van der Waals surface area (Å²) in [6.45, 7) is 5.38. The van der Waals surface area contributed by atoms with Crippen LogP contribution in [0.2, 0.25) is 0 Å². The van der Waals surface area contributed by atoms with E-state index >= 15 is 0 Å². The van der Waals surface area contributed by atoms with E-state index in [0.29, 0.717) is 17.6 Å². The number of rotatable bonds is 0. The Morgan fingerprint density at radius 2 is 1.38 bits per heavy atom. The van der Waals surface area contributed by atoms with Gasteiger partial charge in [0.2, 0.25) is 0 Å². The molecule has 2 nitrogen and oxygen atoms in total. The van der Waals surface area contributed by atoms with E-state index in [1.807, 2.05) is 0 Å². The predicted octanol–water partition coefficient (Wildman–Crippen LogP) is 6.04. The minimum absolute atomic E-state index is 0.569. The fourth-order valence-corrected chi connectivity index (χ4v) is 10.9. The SMILES string of the molecule is CC1(C)C2CCCCC2C2CC3C4CCCC5OC6CCCCC6N(C3CC21)C54. The van der Waals surface area contributed by atoms with E-state index in [0.717, 1.165) is 53.6 Å². The molecule has 5 aliphatic carbocycles. The lowest BCUT2D eigenvalue weighted by atomic mass is 9.62. The lowest BCUT2D eigenvalue weighted by molar-refractivity contribution is -0.178. The second-order valence-electron chi connectivity index (χ2n) is 12.9. The maximum absolute atomic E-state index is 6.86. The molecule has 5 saturated carbocycles. The van der Waals surface area contributed by atoms with Crippen LogP contribution in [-0.2, 0) is 4.74 Å². The summed E-state index contributed by atoms with van der Waals surface area (Å²) in [6, 6.07) is 2.46. The molecule has 11 atom stereocenters. The van der Waals surface area contributed by atoms with Crippen LogP contribution in [-0.4, -0.2) is 35.2 Å². The van der Waals surface area contributed by atoms with Crippen LogP contribution in [0.4, 0.5) is 0 Å². The first-order chi connectivity index (χ1) is 14.1. The molecule has 0 aromatic carbocycles. The second-order valence-corrected chi connectivity index (χ2v) is 12.9. The van der Waals surface area contributed by atoms with Gasteiger partial charge in [-0.1, -0.05) is 46.0 Å². The van der Waals surface area contributed by atoms with Gasteiger partial charge in [0, 0.05) is 18.1 Å². The van der Waals surface area contributed by atoms with Crippen LogP contribution < -0.4 is 0 Å². The molecular weight excluding hydrogens is 354 g/mol.